The van der Waals surface area contributed by atoms with Crippen LogP contribution in [0.1, 0.15) is 5.56 Å². The number of carbonyl (C=O) groups excluding carboxylic acids is 2. The Hall–Kier alpha value is -2.95. The van der Waals surface area contributed by atoms with Crippen LogP contribution in [0.3, 0.4) is 0 Å². The molecule has 1 aliphatic rings. The Labute approximate surface area is 215 Å². The van der Waals surface area contributed by atoms with E-state index in [0.717, 1.165) is 5.56 Å². The third-order valence-corrected chi connectivity index (χ3v) is 7.05. The van der Waals surface area contributed by atoms with Gasteiger partial charge in [0, 0.05) is 26.4 Å². The molecule has 1 fully saturated rings. The van der Waals surface area contributed by atoms with Crippen molar-refractivity contribution in [1.82, 2.24) is 0 Å². The molecule has 1 heterocycles. The van der Waals surface area contributed by atoms with Crippen LogP contribution in [0, 0.1) is 11.3 Å². The van der Waals surface area contributed by atoms with Crippen molar-refractivity contribution in [3.63, 3.8) is 0 Å². The van der Waals surface area contributed by atoms with Crippen LogP contribution in [-0.4, -0.2) is 17.1 Å². The summed E-state index contributed by atoms with van der Waals surface area (Å²) in [5.74, 6) is -0.851. The molecule has 1 N–H and O–H groups in total. The average molecular weight is 529 g/mol. The molecule has 3 aromatic rings. The minimum atomic E-state index is -0.619. The van der Waals surface area contributed by atoms with Gasteiger partial charge in [0.1, 0.15) is 16.7 Å². The molecule has 3 aromatic carbocycles. The predicted octanol–water partition coefficient (Wildman–Crippen LogP) is 6.71. The molecular formula is C25H16Cl3N3O2S. The molecule has 0 bridgehead atoms. The number of amides is 2. The molecule has 2 amide bonds. The molecule has 34 heavy (non-hydrogen) atoms. The van der Waals surface area contributed by atoms with Crippen molar-refractivity contribution in [2.24, 2.45) is 0 Å². The Kier molecular flexibility index (Phi) is 7.50. The van der Waals surface area contributed by atoms with Gasteiger partial charge in [0.25, 0.3) is 5.91 Å². The summed E-state index contributed by atoms with van der Waals surface area (Å²) in [6.07, 6.45) is 0.409. The molecule has 0 radical (unpaired) electrons. The number of rotatable bonds is 5. The minimum Gasteiger partial charge on any atom is -0.321 e. The maximum Gasteiger partial charge on any atom is 0.269 e. The number of hydrogen-bond acceptors (Lipinski definition) is 4. The summed E-state index contributed by atoms with van der Waals surface area (Å²) in [6.45, 7) is 0. The van der Waals surface area contributed by atoms with Crippen LogP contribution in [0.4, 0.5) is 11.4 Å². The fourth-order valence-electron chi connectivity index (χ4n) is 3.37. The average Bonchev–Trinajstić information content (AvgIpc) is 3.13. The monoisotopic (exact) mass is 527 g/mol. The Morgan fingerprint density at radius 3 is 2.00 bits per heavy atom. The molecule has 1 atom stereocenters. The van der Waals surface area contributed by atoms with Crippen molar-refractivity contribution in [2.75, 3.05) is 10.2 Å². The maximum atomic E-state index is 13.5. The lowest BCUT2D eigenvalue weighted by Gasteiger charge is -2.19. The molecule has 170 valence electrons. The summed E-state index contributed by atoms with van der Waals surface area (Å²) in [7, 11) is 0. The van der Waals surface area contributed by atoms with E-state index in [-0.39, 0.29) is 16.5 Å². The van der Waals surface area contributed by atoms with Gasteiger partial charge in [0.2, 0.25) is 5.91 Å². The number of nitrogens with zero attached hydrogens (tertiary/aromatic N) is 2. The van der Waals surface area contributed by atoms with Crippen molar-refractivity contribution in [1.29, 1.82) is 5.26 Å². The molecule has 4 rings (SSSR count). The fraction of sp³-hybridized carbons (Fsp3) is 0.0800. The maximum absolute atomic E-state index is 13.5. The van der Waals surface area contributed by atoms with Crippen molar-refractivity contribution in [2.45, 2.75) is 11.7 Å². The predicted molar refractivity (Wildman–Crippen MR) is 138 cm³/mol. The van der Waals surface area contributed by atoms with E-state index in [1.165, 1.54) is 16.7 Å². The van der Waals surface area contributed by atoms with Crippen LogP contribution in [0.15, 0.2) is 83.4 Å². The lowest BCUT2D eigenvalue weighted by molar-refractivity contribution is -0.117. The van der Waals surface area contributed by atoms with Crippen LogP contribution in [0.25, 0.3) is 0 Å². The van der Waals surface area contributed by atoms with Crippen LogP contribution in [0.2, 0.25) is 15.1 Å². The molecule has 0 unspecified atom stereocenters. The quantitative estimate of drug-likeness (QED) is 0.295. The number of anilines is 2. The lowest BCUT2D eigenvalue weighted by atomic mass is 10.1. The third kappa shape index (κ3) is 5.40. The highest BCUT2D eigenvalue weighted by Gasteiger charge is 2.40. The number of benzene rings is 3. The van der Waals surface area contributed by atoms with Gasteiger partial charge < -0.3 is 5.32 Å². The SMILES string of the molecule is N#C/C(C(=O)Nc1ccc(Cl)cc1)=C1/S[C@@H](Cc2ccc(Cl)cc2)C(=O)N1c1ccc(Cl)cc1. The highest BCUT2D eigenvalue weighted by Crippen LogP contribution is 2.42. The topological polar surface area (TPSA) is 73.2 Å². The zero-order chi connectivity index (χ0) is 24.2. The van der Waals surface area contributed by atoms with E-state index in [1.54, 1.807) is 60.7 Å². The van der Waals surface area contributed by atoms with Gasteiger partial charge >= 0.3 is 0 Å². The van der Waals surface area contributed by atoms with Crippen LogP contribution in [-0.2, 0) is 16.0 Å². The fourth-order valence-corrected chi connectivity index (χ4v) is 5.06. The van der Waals surface area contributed by atoms with Gasteiger partial charge in [-0.15, -0.1) is 0 Å². The summed E-state index contributed by atoms with van der Waals surface area (Å²) in [5, 5.41) is 14.0. The van der Waals surface area contributed by atoms with Gasteiger partial charge in [0.05, 0.1) is 5.25 Å². The Morgan fingerprint density at radius 1 is 0.912 bits per heavy atom. The second-order valence-corrected chi connectivity index (χ2v) is 9.84. The molecule has 1 aliphatic heterocycles. The highest BCUT2D eigenvalue weighted by molar-refractivity contribution is 8.05. The van der Waals surface area contributed by atoms with E-state index < -0.39 is 11.2 Å². The number of thioether (sulfide) groups is 1. The highest BCUT2D eigenvalue weighted by atomic mass is 35.5. The molecule has 1 saturated heterocycles. The summed E-state index contributed by atoms with van der Waals surface area (Å²) < 4.78 is 0. The zero-order valence-electron chi connectivity index (χ0n) is 17.5. The van der Waals surface area contributed by atoms with E-state index in [1.807, 2.05) is 18.2 Å². The van der Waals surface area contributed by atoms with Crippen LogP contribution >= 0.6 is 46.6 Å². The molecule has 0 spiro atoms. The minimum absolute atomic E-state index is 0.165. The van der Waals surface area contributed by atoms with Crippen LogP contribution < -0.4 is 10.2 Å². The number of nitriles is 1. The van der Waals surface area contributed by atoms with E-state index in [4.69, 9.17) is 34.8 Å². The van der Waals surface area contributed by atoms with Gasteiger partial charge in [-0.2, -0.15) is 5.26 Å². The molecular weight excluding hydrogens is 513 g/mol. The summed E-state index contributed by atoms with van der Waals surface area (Å²) in [6, 6.07) is 22.4. The smallest absolute Gasteiger partial charge is 0.269 e. The second-order valence-electron chi connectivity index (χ2n) is 7.34. The van der Waals surface area contributed by atoms with Crippen molar-refractivity contribution in [3.8, 4) is 6.07 Å². The standard InChI is InChI=1S/C25H16Cl3N3O2S/c26-16-3-1-15(2-4-16)13-22-24(33)31(20-11-7-18(28)8-12-20)25(34-22)21(14-29)23(32)30-19-9-5-17(27)6-10-19/h1-12,22H,13H2,(H,30,32)/b25-21-/t22-/m0/s1. The molecule has 0 aromatic heterocycles. The Bertz CT molecular complexity index is 1300. The van der Waals surface area contributed by atoms with Crippen molar-refractivity contribution >= 4 is 69.8 Å². The van der Waals surface area contributed by atoms with Gasteiger partial charge in [-0.1, -0.05) is 58.7 Å². The van der Waals surface area contributed by atoms with E-state index in [2.05, 4.69) is 5.32 Å². The molecule has 9 heteroatoms. The summed E-state index contributed by atoms with van der Waals surface area (Å²) >= 11 is 19.1. The van der Waals surface area contributed by atoms with Gasteiger partial charge in [-0.25, -0.2) is 0 Å². The normalized spacial score (nSPS) is 16.8. The molecule has 5 nitrogen and oxygen atoms in total. The first-order chi connectivity index (χ1) is 16.4. The summed E-state index contributed by atoms with van der Waals surface area (Å²) in [4.78, 5) is 27.9. The first kappa shape index (κ1) is 24.2. The van der Waals surface area contributed by atoms with Gasteiger partial charge in [0.15, 0.2) is 0 Å². The Morgan fingerprint density at radius 2 is 1.44 bits per heavy atom. The van der Waals surface area contributed by atoms with Crippen molar-refractivity contribution in [3.05, 3.63) is 104 Å². The first-order valence-corrected chi connectivity index (χ1v) is 12.1. The summed E-state index contributed by atoms with van der Waals surface area (Å²) in [5.41, 5.74) is 1.74. The molecule has 0 saturated carbocycles. The van der Waals surface area contributed by atoms with Crippen molar-refractivity contribution < 1.29 is 9.59 Å². The number of carbonyl (C=O) groups is 2. The first-order valence-electron chi connectivity index (χ1n) is 10.1. The largest absolute Gasteiger partial charge is 0.321 e. The Balaban J connectivity index is 1.71. The molecule has 0 aliphatic carbocycles. The lowest BCUT2D eigenvalue weighted by Crippen LogP contribution is -2.30. The van der Waals surface area contributed by atoms with Gasteiger partial charge in [-0.3, -0.25) is 14.5 Å². The van der Waals surface area contributed by atoms with E-state index >= 15 is 0 Å². The second kappa shape index (κ2) is 10.5. The zero-order valence-corrected chi connectivity index (χ0v) is 20.6. The third-order valence-electron chi connectivity index (χ3n) is 5.03. The van der Waals surface area contributed by atoms with Crippen LogP contribution in [0.5, 0.6) is 0 Å². The van der Waals surface area contributed by atoms with E-state index in [9.17, 15) is 14.9 Å². The van der Waals surface area contributed by atoms with E-state index in [0.29, 0.717) is 32.9 Å². The number of nitrogens with one attached hydrogen (secondary N) is 1. The van der Waals surface area contributed by atoms with Gasteiger partial charge in [-0.05, 0) is 72.6 Å². The number of halogens is 3. The number of hydrogen-bond donors (Lipinski definition) is 1.